The largest absolute Gasteiger partial charge is 0.508 e. The van der Waals surface area contributed by atoms with Gasteiger partial charge in [0.1, 0.15) is 17.6 Å². The van der Waals surface area contributed by atoms with Crippen LogP contribution in [0.15, 0.2) is 23.5 Å². The molecule has 3 saturated carbocycles. The number of hydrogen-bond acceptors (Lipinski definition) is 7. The predicted octanol–water partition coefficient (Wildman–Crippen LogP) is 6.55. The highest BCUT2D eigenvalue weighted by Gasteiger charge is 2.77. The van der Waals surface area contributed by atoms with E-state index in [-0.39, 0.29) is 43.4 Å². The van der Waals surface area contributed by atoms with Gasteiger partial charge in [0.05, 0.1) is 5.41 Å². The molecule has 0 radical (unpaired) electrons. The minimum atomic E-state index is -2.12. The van der Waals surface area contributed by atoms with Gasteiger partial charge in [-0.15, -0.1) is 0 Å². The van der Waals surface area contributed by atoms with Crippen molar-refractivity contribution in [1.29, 1.82) is 0 Å². The Bertz CT molecular complexity index is 1120. The quantitative estimate of drug-likeness (QED) is 0.198. The number of halogens is 2. The lowest BCUT2D eigenvalue weighted by Gasteiger charge is -2.61. The molecule has 9 atom stereocenters. The Labute approximate surface area is 236 Å². The first-order valence-corrected chi connectivity index (χ1v) is 16.4. The Kier molecular flexibility index (Phi) is 7.48. The molecular weight excluding hydrogens is 546 g/mol. The molecule has 0 amide bonds. The lowest BCUT2D eigenvalue weighted by molar-refractivity contribution is -0.216. The molecule has 1 heterocycles. The standard InChI is InChI=1S/C29H38F2O6S2/c1-16-12-19-20-15-22(30)21-13-17(32)14-23(33)27(21,3)28(20,31)10-9-26(19,2)29(16,25(35)36)37-24(34)7-5-4-6-18-8-11-38-39-18/h13-14,16,18-20,22,32H,4-12,15H2,1-3H3,(H,35,36)/t16?,18-,19?,20?,22?,26?,27?,28?,29?/m1/s1. The van der Waals surface area contributed by atoms with Gasteiger partial charge in [-0.2, -0.15) is 0 Å². The van der Waals surface area contributed by atoms with Crippen molar-refractivity contribution in [3.63, 3.8) is 0 Å². The van der Waals surface area contributed by atoms with Gasteiger partial charge in [-0.25, -0.2) is 13.6 Å². The molecule has 216 valence electrons. The molecule has 4 aliphatic carbocycles. The Hall–Kier alpha value is -1.55. The summed E-state index contributed by atoms with van der Waals surface area (Å²) in [5.74, 6) is -3.88. The summed E-state index contributed by atoms with van der Waals surface area (Å²) in [6, 6.07) is 0. The van der Waals surface area contributed by atoms with Crippen LogP contribution in [0, 0.1) is 28.6 Å². The lowest BCUT2D eigenvalue weighted by atomic mass is 9.44. The van der Waals surface area contributed by atoms with E-state index >= 15 is 8.78 Å². The fourth-order valence-corrected chi connectivity index (χ4v) is 11.7. The van der Waals surface area contributed by atoms with E-state index in [1.54, 1.807) is 13.8 Å². The number of unbranched alkanes of at least 4 members (excludes halogenated alkanes) is 1. The van der Waals surface area contributed by atoms with Crippen molar-refractivity contribution in [3.8, 4) is 0 Å². The molecule has 2 N–H and O–H groups in total. The molecule has 0 aromatic carbocycles. The van der Waals surface area contributed by atoms with Crippen molar-refractivity contribution in [2.24, 2.45) is 28.6 Å². The van der Waals surface area contributed by atoms with Crippen LogP contribution in [0.25, 0.3) is 0 Å². The molecule has 5 aliphatic rings. The molecule has 0 aromatic heterocycles. The molecule has 0 aromatic rings. The van der Waals surface area contributed by atoms with E-state index in [4.69, 9.17) is 4.74 Å². The van der Waals surface area contributed by atoms with Crippen LogP contribution in [-0.4, -0.2) is 56.4 Å². The van der Waals surface area contributed by atoms with E-state index in [1.807, 2.05) is 21.6 Å². The number of aliphatic hydroxyl groups excluding tert-OH is 1. The molecular formula is C29H38F2O6S2. The van der Waals surface area contributed by atoms with E-state index < -0.39 is 63.7 Å². The first-order chi connectivity index (χ1) is 18.3. The molecule has 6 nitrogen and oxygen atoms in total. The number of ether oxygens (including phenoxy) is 1. The number of aliphatic carboxylic acids is 1. The number of fused-ring (bicyclic) bond motifs is 5. The summed E-state index contributed by atoms with van der Waals surface area (Å²) in [7, 11) is 3.75. The fourth-order valence-electron chi connectivity index (χ4n) is 8.66. The molecule has 0 bridgehead atoms. The Balaban J connectivity index is 1.40. The molecule has 4 fully saturated rings. The summed E-state index contributed by atoms with van der Waals surface area (Å²) in [5, 5.41) is 21.1. The number of carbonyl (C=O) groups excluding carboxylic acids is 2. The Morgan fingerprint density at radius 2 is 1.90 bits per heavy atom. The second-order valence-electron chi connectivity index (χ2n) is 12.6. The molecule has 39 heavy (non-hydrogen) atoms. The number of carbonyl (C=O) groups is 3. The molecule has 1 aliphatic heterocycles. The zero-order valence-corrected chi connectivity index (χ0v) is 24.3. The van der Waals surface area contributed by atoms with Crippen LogP contribution in [0.3, 0.4) is 0 Å². The van der Waals surface area contributed by atoms with Crippen LogP contribution in [0.2, 0.25) is 0 Å². The minimum Gasteiger partial charge on any atom is -0.508 e. The van der Waals surface area contributed by atoms with Gasteiger partial charge >= 0.3 is 11.9 Å². The van der Waals surface area contributed by atoms with Crippen LogP contribution < -0.4 is 0 Å². The van der Waals surface area contributed by atoms with Gasteiger partial charge in [-0.1, -0.05) is 41.9 Å². The van der Waals surface area contributed by atoms with Crippen LogP contribution in [-0.2, 0) is 19.1 Å². The van der Waals surface area contributed by atoms with Gasteiger partial charge in [0.25, 0.3) is 0 Å². The number of hydrogen-bond donors (Lipinski definition) is 2. The SMILES string of the molecule is CC1CC2C3CC(F)C4=CC(O)=CC(=O)C4(C)C3(F)CCC2(C)C1(OC(=O)CCCC[C@@H]1CCSS1)C(=O)O. The third kappa shape index (κ3) is 4.12. The van der Waals surface area contributed by atoms with Gasteiger partial charge in [-0.05, 0) is 69.4 Å². The average molecular weight is 585 g/mol. The van der Waals surface area contributed by atoms with Crippen LogP contribution in [0.4, 0.5) is 8.78 Å². The second kappa shape index (κ2) is 10.1. The summed E-state index contributed by atoms with van der Waals surface area (Å²) >= 11 is 0. The molecule has 0 spiro atoms. The maximum absolute atomic E-state index is 17.3. The van der Waals surface area contributed by atoms with Gasteiger partial charge in [0.2, 0.25) is 5.60 Å². The number of carboxylic acid groups (broad SMARTS) is 1. The van der Waals surface area contributed by atoms with Gasteiger partial charge in [0.15, 0.2) is 5.78 Å². The van der Waals surface area contributed by atoms with Crippen LogP contribution in [0.5, 0.6) is 0 Å². The van der Waals surface area contributed by atoms with Gasteiger partial charge in [-0.3, -0.25) is 9.59 Å². The Morgan fingerprint density at radius 1 is 1.15 bits per heavy atom. The normalized spacial score (nSPS) is 45.1. The fraction of sp³-hybridized carbons (Fsp3) is 0.759. The van der Waals surface area contributed by atoms with E-state index in [1.165, 1.54) is 13.0 Å². The highest BCUT2D eigenvalue weighted by molar-refractivity contribution is 8.77. The highest BCUT2D eigenvalue weighted by atomic mass is 33.1. The van der Waals surface area contributed by atoms with Crippen molar-refractivity contribution in [2.75, 3.05) is 5.75 Å². The van der Waals surface area contributed by atoms with Crippen molar-refractivity contribution < 1.29 is 38.1 Å². The first-order valence-electron chi connectivity index (χ1n) is 14.0. The number of carboxylic acids is 1. The molecule has 5 rings (SSSR count). The van der Waals surface area contributed by atoms with Gasteiger partial charge < -0.3 is 14.9 Å². The number of esters is 1. The molecule has 10 heteroatoms. The second-order valence-corrected chi connectivity index (χ2v) is 15.4. The van der Waals surface area contributed by atoms with Gasteiger partial charge in [0, 0.05) is 40.8 Å². The molecule has 8 unspecified atom stereocenters. The zero-order chi connectivity index (χ0) is 28.4. The summed E-state index contributed by atoms with van der Waals surface area (Å²) in [6.07, 6.45) is 4.18. The zero-order valence-electron chi connectivity index (χ0n) is 22.7. The molecule has 1 saturated heterocycles. The highest BCUT2D eigenvalue weighted by Crippen LogP contribution is 2.71. The third-order valence-electron chi connectivity index (χ3n) is 10.8. The average Bonchev–Trinajstić information content (AvgIpc) is 3.46. The summed E-state index contributed by atoms with van der Waals surface area (Å²) in [4.78, 5) is 39.2. The summed E-state index contributed by atoms with van der Waals surface area (Å²) in [5.41, 5.74) is -6.93. The van der Waals surface area contributed by atoms with E-state index in [0.717, 1.165) is 31.1 Å². The van der Waals surface area contributed by atoms with Crippen molar-refractivity contribution >= 4 is 39.3 Å². The van der Waals surface area contributed by atoms with Crippen LogP contribution >= 0.6 is 21.6 Å². The number of aliphatic hydroxyl groups is 1. The van der Waals surface area contributed by atoms with E-state index in [0.29, 0.717) is 11.7 Å². The maximum Gasteiger partial charge on any atom is 0.349 e. The maximum atomic E-state index is 17.3. The van der Waals surface area contributed by atoms with E-state index in [9.17, 15) is 24.6 Å². The van der Waals surface area contributed by atoms with E-state index in [2.05, 4.69) is 0 Å². The first kappa shape index (κ1) is 29.0. The number of ketones is 1. The number of alkyl halides is 2. The topological polar surface area (TPSA) is 101 Å². The third-order valence-corrected chi connectivity index (χ3v) is 13.8. The number of allylic oxidation sites excluding steroid dienone is 3. The van der Waals surface area contributed by atoms with Crippen molar-refractivity contribution in [1.82, 2.24) is 0 Å². The smallest absolute Gasteiger partial charge is 0.349 e. The van der Waals surface area contributed by atoms with Crippen molar-refractivity contribution in [2.45, 2.75) is 101 Å². The monoisotopic (exact) mass is 584 g/mol. The summed E-state index contributed by atoms with van der Waals surface area (Å²) < 4.78 is 38.9. The predicted molar refractivity (Wildman–Crippen MR) is 147 cm³/mol. The lowest BCUT2D eigenvalue weighted by Crippen LogP contribution is -2.67. The summed E-state index contributed by atoms with van der Waals surface area (Å²) in [6.45, 7) is 4.87. The van der Waals surface area contributed by atoms with Crippen LogP contribution in [0.1, 0.15) is 78.6 Å². The number of rotatable bonds is 7. The Morgan fingerprint density at radius 3 is 2.56 bits per heavy atom. The van der Waals surface area contributed by atoms with Crippen molar-refractivity contribution in [3.05, 3.63) is 23.5 Å². The minimum absolute atomic E-state index is 0.0496.